The summed E-state index contributed by atoms with van der Waals surface area (Å²) >= 11 is 0. The lowest BCUT2D eigenvalue weighted by atomic mass is 9.72. The van der Waals surface area contributed by atoms with E-state index in [4.69, 9.17) is 8.22 Å². The summed E-state index contributed by atoms with van der Waals surface area (Å²) in [5.41, 5.74) is -3.04. The Balaban J connectivity index is 1.97. The lowest BCUT2D eigenvalue weighted by molar-refractivity contribution is 0.107. The second-order valence-corrected chi connectivity index (χ2v) is 6.73. The normalized spacial score (nSPS) is 62.5. The monoisotopic (exact) mass is 243 g/mol. The first kappa shape index (κ1) is 6.36. The van der Waals surface area contributed by atoms with E-state index < -0.39 is 41.9 Å². The van der Waals surface area contributed by atoms with E-state index in [1.54, 1.807) is 13.8 Å². The van der Waals surface area contributed by atoms with E-state index in [1.807, 2.05) is 0 Å². The average molecular weight is 243 g/mol. The number of hydrogen-bond donors (Lipinski definition) is 0. The zero-order chi connectivity index (χ0) is 17.3. The second-order valence-electron chi connectivity index (χ2n) is 6.73. The molecule has 2 saturated heterocycles. The van der Waals surface area contributed by atoms with Gasteiger partial charge in [0.25, 0.3) is 0 Å². The molecule has 0 unspecified atom stereocenters. The molecule has 0 amide bonds. The highest BCUT2D eigenvalue weighted by molar-refractivity contribution is 5.27. The van der Waals surface area contributed by atoms with Crippen LogP contribution in [0.15, 0.2) is 0 Å². The summed E-state index contributed by atoms with van der Waals surface area (Å²) in [4.78, 5) is 1.15. The molecule has 2 heterocycles. The Bertz CT molecular complexity index is 574. The Labute approximate surface area is 112 Å². The summed E-state index contributed by atoms with van der Waals surface area (Å²) in [6, 6.07) is 0. The van der Waals surface area contributed by atoms with E-state index in [1.165, 1.54) is 0 Å². The smallest absolute Gasteiger partial charge is 0.108 e. The van der Waals surface area contributed by atoms with Crippen LogP contribution in [0.2, 0.25) is 0 Å². The SMILES string of the molecule is [2H]C1([2H])CC2(CC2)[C@@]2(C([2H])([2H])C(C)C)C[C@@]3(C[C@@H]3F)C([2H])([2H])N12. The Morgan fingerprint density at radius 3 is 2.71 bits per heavy atom. The zero-order valence-corrected chi connectivity index (χ0v) is 10.5. The molecular weight excluding hydrogens is 213 g/mol. The molecule has 2 saturated carbocycles. The Hall–Kier alpha value is -0.110. The van der Waals surface area contributed by atoms with Crippen molar-refractivity contribution in [2.75, 3.05) is 13.0 Å². The van der Waals surface area contributed by atoms with Crippen molar-refractivity contribution < 1.29 is 12.6 Å². The van der Waals surface area contributed by atoms with Crippen LogP contribution in [0, 0.1) is 16.7 Å². The molecule has 0 N–H and O–H groups in total. The van der Waals surface area contributed by atoms with Gasteiger partial charge in [-0.15, -0.1) is 0 Å². The van der Waals surface area contributed by atoms with Crippen LogP contribution in [-0.2, 0) is 0 Å². The van der Waals surface area contributed by atoms with Gasteiger partial charge in [-0.05, 0) is 56.3 Å². The minimum Gasteiger partial charge on any atom is -0.296 e. The summed E-state index contributed by atoms with van der Waals surface area (Å²) in [5.74, 6) is -0.390. The summed E-state index contributed by atoms with van der Waals surface area (Å²) in [5, 5.41) is 0. The first-order valence-corrected chi connectivity index (χ1v) is 6.75. The quantitative estimate of drug-likeness (QED) is 0.718. The van der Waals surface area contributed by atoms with Crippen molar-refractivity contribution in [1.29, 1.82) is 0 Å². The Morgan fingerprint density at radius 2 is 2.18 bits per heavy atom. The van der Waals surface area contributed by atoms with Gasteiger partial charge >= 0.3 is 0 Å². The molecule has 2 aliphatic heterocycles. The lowest BCUT2D eigenvalue weighted by Gasteiger charge is -2.39. The third-order valence-corrected chi connectivity index (χ3v) is 5.10. The van der Waals surface area contributed by atoms with Crippen molar-refractivity contribution in [3.63, 3.8) is 0 Å². The topological polar surface area (TPSA) is 3.24 Å². The molecule has 1 nitrogen and oxygen atoms in total. The van der Waals surface area contributed by atoms with Crippen LogP contribution in [0.3, 0.4) is 0 Å². The van der Waals surface area contributed by atoms with Crippen LogP contribution in [0.1, 0.15) is 60.5 Å². The van der Waals surface area contributed by atoms with Crippen molar-refractivity contribution in [2.24, 2.45) is 16.7 Å². The predicted molar refractivity (Wildman–Crippen MR) is 66.6 cm³/mol. The standard InChI is InChI=1S/C15H24FN/c1-11(2)7-15-9-13(8-12(13)16)10-17(15)6-5-14(15)3-4-14/h11-12H,3-10H2,1-2H3/t12-,13-,15+/m0/s1/i6D2,7D2,10D2. The van der Waals surface area contributed by atoms with Gasteiger partial charge in [0.1, 0.15) is 6.17 Å². The van der Waals surface area contributed by atoms with Gasteiger partial charge in [0, 0.05) is 25.7 Å². The minimum absolute atomic E-state index is 0.0819. The molecule has 4 fully saturated rings. The maximum Gasteiger partial charge on any atom is 0.108 e. The third kappa shape index (κ3) is 1.18. The van der Waals surface area contributed by atoms with E-state index in [0.717, 1.165) is 4.90 Å². The molecule has 17 heavy (non-hydrogen) atoms. The first-order valence-electron chi connectivity index (χ1n) is 9.75. The molecule has 0 bridgehead atoms. The number of hydrogen-bond acceptors (Lipinski definition) is 1. The molecule has 0 radical (unpaired) electrons. The second kappa shape index (κ2) is 2.89. The fraction of sp³-hybridized carbons (Fsp3) is 1.00. The fourth-order valence-electron chi connectivity index (χ4n) is 3.92. The van der Waals surface area contributed by atoms with Crippen LogP contribution in [0.25, 0.3) is 0 Å². The van der Waals surface area contributed by atoms with Gasteiger partial charge in [-0.25, -0.2) is 4.39 Å². The maximum absolute atomic E-state index is 14.2. The van der Waals surface area contributed by atoms with Crippen LogP contribution < -0.4 is 0 Å². The number of alkyl halides is 1. The van der Waals surface area contributed by atoms with Gasteiger partial charge in [-0.1, -0.05) is 13.8 Å². The van der Waals surface area contributed by atoms with Gasteiger partial charge in [0.05, 0.1) is 0 Å². The van der Waals surface area contributed by atoms with Crippen LogP contribution in [-0.4, -0.2) is 29.6 Å². The summed E-state index contributed by atoms with van der Waals surface area (Å²) in [6.45, 7) is -0.563. The average Bonchev–Trinajstić information content (AvgIpc) is 3.22. The molecule has 0 aromatic rings. The molecular formula is C15H24FN. The number of fused-ring (bicyclic) bond motifs is 2. The number of rotatable bonds is 2. The van der Waals surface area contributed by atoms with E-state index in [0.29, 0.717) is 12.8 Å². The zero-order valence-electron chi connectivity index (χ0n) is 16.5. The van der Waals surface area contributed by atoms with Crippen LogP contribution >= 0.6 is 0 Å². The molecule has 4 aliphatic rings. The van der Waals surface area contributed by atoms with Gasteiger partial charge in [-0.2, -0.15) is 0 Å². The first-order chi connectivity index (χ1) is 10.3. The van der Waals surface area contributed by atoms with Crippen molar-refractivity contribution in [3.8, 4) is 0 Å². The van der Waals surface area contributed by atoms with Gasteiger partial charge < -0.3 is 0 Å². The van der Waals surface area contributed by atoms with Gasteiger partial charge in [0.2, 0.25) is 0 Å². The third-order valence-electron chi connectivity index (χ3n) is 5.10. The molecule has 2 aliphatic carbocycles. The van der Waals surface area contributed by atoms with Crippen LogP contribution in [0.5, 0.6) is 0 Å². The van der Waals surface area contributed by atoms with Gasteiger partial charge in [-0.3, -0.25) is 4.90 Å². The lowest BCUT2D eigenvalue weighted by Crippen LogP contribution is -2.45. The highest BCUT2D eigenvalue weighted by Crippen LogP contribution is 2.73. The largest absolute Gasteiger partial charge is 0.296 e. The van der Waals surface area contributed by atoms with E-state index >= 15 is 0 Å². The molecule has 2 heteroatoms. The van der Waals surface area contributed by atoms with Crippen molar-refractivity contribution in [1.82, 2.24) is 4.90 Å². The van der Waals surface area contributed by atoms with E-state index in [2.05, 4.69) is 0 Å². The Morgan fingerprint density at radius 1 is 1.47 bits per heavy atom. The van der Waals surface area contributed by atoms with E-state index in [-0.39, 0.29) is 25.2 Å². The maximum atomic E-state index is 14.2. The minimum atomic E-state index is -2.15. The molecule has 96 valence electrons. The van der Waals surface area contributed by atoms with Crippen molar-refractivity contribution >= 4 is 0 Å². The summed E-state index contributed by atoms with van der Waals surface area (Å²) in [7, 11) is 0. The molecule has 4 rings (SSSR count). The van der Waals surface area contributed by atoms with Crippen LogP contribution in [0.4, 0.5) is 4.39 Å². The van der Waals surface area contributed by atoms with Crippen molar-refractivity contribution in [2.45, 2.75) is 64.0 Å². The highest BCUT2D eigenvalue weighted by atomic mass is 19.1. The summed E-state index contributed by atoms with van der Waals surface area (Å²) < 4.78 is 65.8. The number of halogens is 1. The summed E-state index contributed by atoms with van der Waals surface area (Å²) in [6.07, 6.45) is -1.33. The molecule has 0 aromatic carbocycles. The molecule has 0 aromatic heterocycles. The van der Waals surface area contributed by atoms with Crippen molar-refractivity contribution in [3.05, 3.63) is 0 Å². The molecule has 2 spiro atoms. The fourth-order valence-corrected chi connectivity index (χ4v) is 3.92. The Kier molecular flexibility index (Phi) is 1.08. The highest BCUT2D eigenvalue weighted by Gasteiger charge is 2.74. The molecule has 3 atom stereocenters. The number of nitrogens with zero attached hydrogens (tertiary/aromatic N) is 1. The van der Waals surface area contributed by atoms with Gasteiger partial charge in [0.15, 0.2) is 0 Å². The van der Waals surface area contributed by atoms with E-state index in [9.17, 15) is 4.39 Å². The predicted octanol–water partition coefficient (Wildman–Crippen LogP) is 3.39.